The Morgan fingerprint density at radius 2 is 0.695 bits per heavy atom. The van der Waals surface area contributed by atoms with Gasteiger partial charge in [-0.25, -0.2) is 0 Å². The van der Waals surface area contributed by atoms with Crippen LogP contribution in [-0.4, -0.2) is 20.2 Å². The number of nitrogens with one attached hydrogen (secondary N) is 1. The van der Waals surface area contributed by atoms with Gasteiger partial charge in [-0.05, 0) is 121 Å². The summed E-state index contributed by atoms with van der Waals surface area (Å²) in [6.45, 7) is 0. The molecule has 0 radical (unpaired) electrons. The van der Waals surface area contributed by atoms with Crippen LogP contribution in [0.5, 0.6) is 0 Å². The lowest BCUT2D eigenvalue weighted by Gasteiger charge is -2.18. The first kappa shape index (κ1) is 35.5. The van der Waals surface area contributed by atoms with Crippen LogP contribution in [0.3, 0.4) is 0 Å². The molecule has 0 aliphatic rings. The van der Waals surface area contributed by atoms with Crippen molar-refractivity contribution in [2.24, 2.45) is 0 Å². The molecule has 278 valence electrons. The molecular formula is C55H38N4. The van der Waals surface area contributed by atoms with E-state index in [1.165, 1.54) is 5.56 Å². The summed E-state index contributed by atoms with van der Waals surface area (Å²) >= 11 is 0. The third-order valence-corrected chi connectivity index (χ3v) is 11.0. The number of H-pyrrole nitrogens is 1. The average molecular weight is 755 g/mol. The van der Waals surface area contributed by atoms with E-state index in [4.69, 9.17) is 0 Å². The monoisotopic (exact) mass is 754 g/mol. The van der Waals surface area contributed by atoms with Gasteiger partial charge in [0.25, 0.3) is 0 Å². The molecule has 10 aromatic rings. The summed E-state index contributed by atoms with van der Waals surface area (Å²) in [5.74, 6) is 0. The fourth-order valence-corrected chi connectivity index (χ4v) is 8.02. The van der Waals surface area contributed by atoms with Gasteiger partial charge in [0, 0.05) is 35.3 Å². The third-order valence-electron chi connectivity index (χ3n) is 11.0. The molecule has 10 rings (SSSR count). The van der Waals surface area contributed by atoms with E-state index in [0.29, 0.717) is 0 Å². The number of nitrogens with zero attached hydrogens (tertiary/aromatic N) is 3. The lowest BCUT2D eigenvalue weighted by molar-refractivity contribution is 1.09. The molecule has 59 heavy (non-hydrogen) atoms. The first-order valence-corrected chi connectivity index (χ1v) is 19.8. The van der Waals surface area contributed by atoms with E-state index in [-0.39, 0.29) is 0 Å². The Labute approximate surface area is 344 Å². The van der Waals surface area contributed by atoms with Crippen LogP contribution in [0.4, 0.5) is 0 Å². The second-order valence-corrected chi connectivity index (χ2v) is 14.6. The van der Waals surface area contributed by atoms with Crippen molar-refractivity contribution >= 4 is 0 Å². The summed E-state index contributed by atoms with van der Waals surface area (Å²) in [6, 6.07) is 71.3. The normalized spacial score (nSPS) is 11.1. The molecule has 3 aromatic heterocycles. The largest absolute Gasteiger partial charge is 0.285 e. The van der Waals surface area contributed by atoms with Gasteiger partial charge in [-0.1, -0.05) is 152 Å². The molecule has 0 aliphatic heterocycles. The van der Waals surface area contributed by atoms with Crippen LogP contribution in [-0.2, 0) is 0 Å². The summed E-state index contributed by atoms with van der Waals surface area (Å²) in [6.07, 6.45) is 7.57. The fraction of sp³-hybridized carbons (Fsp3) is 0. The van der Waals surface area contributed by atoms with Gasteiger partial charge in [0.1, 0.15) is 0 Å². The molecule has 0 saturated carbocycles. The first-order valence-electron chi connectivity index (χ1n) is 19.8. The van der Waals surface area contributed by atoms with Crippen LogP contribution in [0.1, 0.15) is 0 Å². The van der Waals surface area contributed by atoms with Gasteiger partial charge in [0.05, 0.1) is 17.6 Å². The number of pyridine rings is 2. The molecule has 0 amide bonds. The number of aromatic nitrogens is 4. The predicted molar refractivity (Wildman–Crippen MR) is 243 cm³/mol. The molecule has 4 nitrogen and oxygen atoms in total. The van der Waals surface area contributed by atoms with E-state index in [1.807, 2.05) is 61.2 Å². The molecular weight excluding hydrogens is 717 g/mol. The smallest absolute Gasteiger partial charge is 0.0701 e. The molecule has 4 heteroatoms. The summed E-state index contributed by atoms with van der Waals surface area (Å²) < 4.78 is 0. The maximum Gasteiger partial charge on any atom is 0.0701 e. The van der Waals surface area contributed by atoms with Crippen LogP contribution in [0.25, 0.3) is 100 Å². The minimum absolute atomic E-state index is 0.960. The Morgan fingerprint density at radius 3 is 1.15 bits per heavy atom. The minimum Gasteiger partial charge on any atom is -0.285 e. The SMILES string of the molecule is c1ccc(-c2ccc(-c3cc(-c4ccccc4-c4ccc(-c5ccccn5)cc4)cc(-c4ccccc4-c4ccc(-c5ccccn5)cc4)c3)c(-c3cn[nH]c3)c2)cc1. The highest BCUT2D eigenvalue weighted by Crippen LogP contribution is 2.43. The van der Waals surface area contributed by atoms with Gasteiger partial charge in [0.15, 0.2) is 0 Å². The van der Waals surface area contributed by atoms with E-state index < -0.39 is 0 Å². The molecule has 0 saturated heterocycles. The van der Waals surface area contributed by atoms with E-state index in [9.17, 15) is 0 Å². The minimum atomic E-state index is 0.960. The van der Waals surface area contributed by atoms with Gasteiger partial charge in [-0.2, -0.15) is 5.10 Å². The predicted octanol–water partition coefficient (Wildman–Crippen LogP) is 14.2. The molecule has 3 heterocycles. The topological polar surface area (TPSA) is 54.5 Å². The first-order chi connectivity index (χ1) is 29.2. The summed E-state index contributed by atoms with van der Waals surface area (Å²) in [4.78, 5) is 9.16. The zero-order valence-corrected chi connectivity index (χ0v) is 32.2. The molecule has 0 bridgehead atoms. The lowest BCUT2D eigenvalue weighted by atomic mass is 9.85. The molecule has 0 spiro atoms. The van der Waals surface area contributed by atoms with Gasteiger partial charge in [-0.15, -0.1) is 0 Å². The van der Waals surface area contributed by atoms with E-state index in [1.54, 1.807) is 0 Å². The van der Waals surface area contributed by atoms with Crippen LogP contribution in [0, 0.1) is 0 Å². The molecule has 0 unspecified atom stereocenters. The Hall–Kier alpha value is -7.95. The number of hydrogen-bond acceptors (Lipinski definition) is 3. The summed E-state index contributed by atoms with van der Waals surface area (Å²) in [7, 11) is 0. The van der Waals surface area contributed by atoms with Crippen molar-refractivity contribution in [3.8, 4) is 100 Å². The highest BCUT2D eigenvalue weighted by Gasteiger charge is 2.17. The Bertz CT molecular complexity index is 2850. The van der Waals surface area contributed by atoms with Crippen molar-refractivity contribution in [2.75, 3.05) is 0 Å². The standard InChI is InChI=1S/C55H38N4/c1-2-12-38(13-3-1)43-28-29-52(53(35-43)47-36-58-59-37-47)46-33-44(50-16-6-4-14-48(50)39-20-24-41(25-21-39)54-18-8-10-30-56-54)32-45(34-46)51-17-7-5-15-49(51)40-22-26-42(27-23-40)55-19-9-11-31-57-55/h1-37H,(H,58,59). The zero-order chi connectivity index (χ0) is 39.4. The quantitative estimate of drug-likeness (QED) is 0.160. The number of benzene rings is 7. The highest BCUT2D eigenvalue weighted by atomic mass is 15.1. The van der Waals surface area contributed by atoms with Crippen molar-refractivity contribution in [1.29, 1.82) is 0 Å². The average Bonchev–Trinajstić information content (AvgIpc) is 3.88. The molecule has 1 N–H and O–H groups in total. The van der Waals surface area contributed by atoms with Crippen molar-refractivity contribution in [2.45, 2.75) is 0 Å². The van der Waals surface area contributed by atoms with Crippen LogP contribution in [0.15, 0.2) is 225 Å². The Balaban J connectivity index is 1.15. The number of rotatable bonds is 9. The third kappa shape index (κ3) is 7.27. The van der Waals surface area contributed by atoms with Crippen molar-refractivity contribution < 1.29 is 0 Å². The maximum atomic E-state index is 4.58. The van der Waals surface area contributed by atoms with Gasteiger partial charge < -0.3 is 0 Å². The second-order valence-electron chi connectivity index (χ2n) is 14.6. The lowest BCUT2D eigenvalue weighted by Crippen LogP contribution is -1.92. The summed E-state index contributed by atoms with van der Waals surface area (Å²) in [5, 5.41) is 7.44. The maximum absolute atomic E-state index is 4.58. The van der Waals surface area contributed by atoms with Gasteiger partial charge in [-0.3, -0.25) is 15.1 Å². The van der Waals surface area contributed by atoms with Crippen LogP contribution in [0.2, 0.25) is 0 Å². The van der Waals surface area contributed by atoms with Crippen LogP contribution >= 0.6 is 0 Å². The second kappa shape index (κ2) is 15.9. The highest BCUT2D eigenvalue weighted by molar-refractivity contribution is 5.95. The van der Waals surface area contributed by atoms with E-state index in [2.05, 4.69) is 184 Å². The molecule has 7 aromatic carbocycles. The fourth-order valence-electron chi connectivity index (χ4n) is 8.02. The van der Waals surface area contributed by atoms with E-state index >= 15 is 0 Å². The van der Waals surface area contributed by atoms with Gasteiger partial charge in [0.2, 0.25) is 0 Å². The number of aromatic amines is 1. The Morgan fingerprint density at radius 1 is 0.271 bits per heavy atom. The van der Waals surface area contributed by atoms with Crippen molar-refractivity contribution in [3.63, 3.8) is 0 Å². The van der Waals surface area contributed by atoms with Crippen molar-refractivity contribution in [3.05, 3.63) is 225 Å². The zero-order valence-electron chi connectivity index (χ0n) is 32.2. The molecule has 0 aliphatic carbocycles. The Kier molecular flexibility index (Phi) is 9.55. The van der Waals surface area contributed by atoms with Gasteiger partial charge >= 0.3 is 0 Å². The number of hydrogen-bond donors (Lipinski definition) is 1. The molecule has 0 atom stereocenters. The van der Waals surface area contributed by atoms with Crippen molar-refractivity contribution in [1.82, 2.24) is 20.2 Å². The summed E-state index contributed by atoms with van der Waals surface area (Å²) in [5.41, 5.74) is 20.0. The van der Waals surface area contributed by atoms with Crippen LogP contribution < -0.4 is 0 Å². The van der Waals surface area contributed by atoms with E-state index in [0.717, 1.165) is 94.8 Å². The molecule has 0 fully saturated rings.